The van der Waals surface area contributed by atoms with Crippen molar-refractivity contribution in [3.63, 3.8) is 0 Å². The average molecular weight is 404 g/mol. The number of likely N-dealkylation sites (N-methyl/N-ethyl adjacent to an activating group) is 1. The first-order valence-electron chi connectivity index (χ1n) is 7.88. The standard InChI is InChI=1S/C15H18F6N2O2S/c1-2-23-5-3-4-12(23)9-22-26(24,25)13-7-10(14(16,17)18)6-11(8-13)15(19,20)21/h6-8,12,22H,2-5,9H2,1H3. The molecule has 0 spiro atoms. The highest BCUT2D eigenvalue weighted by Gasteiger charge is 2.38. The Labute approximate surface area is 147 Å². The highest BCUT2D eigenvalue weighted by Crippen LogP contribution is 2.37. The monoisotopic (exact) mass is 404 g/mol. The van der Waals surface area contributed by atoms with Gasteiger partial charge in [0.25, 0.3) is 0 Å². The Morgan fingerprint density at radius 2 is 1.62 bits per heavy atom. The van der Waals surface area contributed by atoms with Crippen LogP contribution in [-0.2, 0) is 22.4 Å². The van der Waals surface area contributed by atoms with Crippen LogP contribution < -0.4 is 4.72 Å². The molecular weight excluding hydrogens is 386 g/mol. The summed E-state index contributed by atoms with van der Waals surface area (Å²) in [5.74, 6) is 0. The topological polar surface area (TPSA) is 49.4 Å². The fourth-order valence-corrected chi connectivity index (χ4v) is 4.06. The molecule has 0 bridgehead atoms. The molecule has 1 aromatic rings. The Bertz CT molecular complexity index is 713. The summed E-state index contributed by atoms with van der Waals surface area (Å²) in [4.78, 5) is 0.941. The van der Waals surface area contributed by atoms with E-state index in [0.717, 1.165) is 13.0 Å². The molecule has 2 rings (SSSR count). The maximum atomic E-state index is 12.9. The summed E-state index contributed by atoms with van der Waals surface area (Å²) in [6.07, 6.45) is -8.65. The summed E-state index contributed by atoms with van der Waals surface area (Å²) >= 11 is 0. The van der Waals surface area contributed by atoms with Gasteiger partial charge in [-0.3, -0.25) is 4.90 Å². The lowest BCUT2D eigenvalue weighted by atomic mass is 10.1. The van der Waals surface area contributed by atoms with Crippen molar-refractivity contribution in [3.05, 3.63) is 29.3 Å². The lowest BCUT2D eigenvalue weighted by molar-refractivity contribution is -0.143. The van der Waals surface area contributed by atoms with Crippen LogP contribution in [-0.4, -0.2) is 39.0 Å². The van der Waals surface area contributed by atoms with Crippen LogP contribution in [0.25, 0.3) is 0 Å². The summed E-state index contributed by atoms with van der Waals surface area (Å²) < 4.78 is 104. The quantitative estimate of drug-likeness (QED) is 0.765. The number of benzene rings is 1. The van der Waals surface area contributed by atoms with Crippen molar-refractivity contribution in [2.45, 2.75) is 43.1 Å². The van der Waals surface area contributed by atoms with Crippen molar-refractivity contribution in [2.75, 3.05) is 19.6 Å². The number of hydrogen-bond acceptors (Lipinski definition) is 3. The lowest BCUT2D eigenvalue weighted by Gasteiger charge is -2.23. The largest absolute Gasteiger partial charge is 0.416 e. The fourth-order valence-electron chi connectivity index (χ4n) is 2.91. The van der Waals surface area contributed by atoms with Gasteiger partial charge < -0.3 is 0 Å². The van der Waals surface area contributed by atoms with Crippen molar-refractivity contribution < 1.29 is 34.8 Å². The molecule has 1 N–H and O–H groups in total. The van der Waals surface area contributed by atoms with E-state index >= 15 is 0 Å². The molecule has 0 aliphatic carbocycles. The van der Waals surface area contributed by atoms with Gasteiger partial charge in [0.15, 0.2) is 0 Å². The summed E-state index contributed by atoms with van der Waals surface area (Å²) in [5.41, 5.74) is -3.33. The first kappa shape index (κ1) is 21.0. The van der Waals surface area contributed by atoms with Gasteiger partial charge in [0.05, 0.1) is 16.0 Å². The molecule has 1 atom stereocenters. The van der Waals surface area contributed by atoms with Crippen LogP contribution >= 0.6 is 0 Å². The van der Waals surface area contributed by atoms with E-state index in [1.165, 1.54) is 0 Å². The SMILES string of the molecule is CCN1CCCC1CNS(=O)(=O)c1cc(C(F)(F)F)cc(C(F)(F)F)c1. The second-order valence-corrected chi connectivity index (χ2v) is 7.79. The van der Waals surface area contributed by atoms with Crippen molar-refractivity contribution in [2.24, 2.45) is 0 Å². The number of nitrogens with one attached hydrogen (secondary N) is 1. The zero-order chi connectivity index (χ0) is 19.8. The van der Waals surface area contributed by atoms with Crippen molar-refractivity contribution in [1.29, 1.82) is 0 Å². The highest BCUT2D eigenvalue weighted by atomic mass is 32.2. The summed E-state index contributed by atoms with van der Waals surface area (Å²) in [5, 5.41) is 0. The van der Waals surface area contributed by atoms with Crippen LogP contribution in [0.15, 0.2) is 23.1 Å². The molecule has 1 unspecified atom stereocenters. The third-order valence-corrected chi connectivity index (χ3v) is 5.69. The summed E-state index contributed by atoms with van der Waals surface area (Å²) in [6, 6.07) is 0.185. The second-order valence-electron chi connectivity index (χ2n) is 6.02. The number of hydrogen-bond donors (Lipinski definition) is 1. The van der Waals surface area contributed by atoms with Gasteiger partial charge in [-0.1, -0.05) is 6.92 Å². The molecule has 1 saturated heterocycles. The Hall–Kier alpha value is -1.33. The van der Waals surface area contributed by atoms with Crippen LogP contribution in [0.1, 0.15) is 30.9 Å². The first-order valence-corrected chi connectivity index (χ1v) is 9.36. The van der Waals surface area contributed by atoms with Crippen LogP contribution in [0.5, 0.6) is 0 Å². The van der Waals surface area contributed by atoms with Gasteiger partial charge in [0, 0.05) is 12.6 Å². The molecule has 0 amide bonds. The number of likely N-dealkylation sites (tertiary alicyclic amines) is 1. The third kappa shape index (κ3) is 4.89. The Morgan fingerprint density at radius 3 is 2.08 bits per heavy atom. The van der Waals surface area contributed by atoms with E-state index in [0.29, 0.717) is 13.0 Å². The van der Waals surface area contributed by atoms with Crippen LogP contribution in [0.2, 0.25) is 0 Å². The van der Waals surface area contributed by atoms with E-state index in [-0.39, 0.29) is 30.8 Å². The molecule has 1 fully saturated rings. The molecule has 0 aromatic heterocycles. The molecule has 1 aliphatic rings. The number of sulfonamides is 1. The molecular formula is C15H18F6N2O2S. The molecule has 11 heteroatoms. The molecule has 148 valence electrons. The van der Waals surface area contributed by atoms with Gasteiger partial charge in [0.2, 0.25) is 10.0 Å². The van der Waals surface area contributed by atoms with Gasteiger partial charge in [-0.25, -0.2) is 13.1 Å². The minimum absolute atomic E-state index is 0.0756. The predicted octanol–water partition coefficient (Wildman–Crippen LogP) is 3.49. The smallest absolute Gasteiger partial charge is 0.299 e. The van der Waals surface area contributed by atoms with Crippen LogP contribution in [0, 0.1) is 0 Å². The highest BCUT2D eigenvalue weighted by molar-refractivity contribution is 7.89. The van der Waals surface area contributed by atoms with E-state index in [9.17, 15) is 34.8 Å². The van der Waals surface area contributed by atoms with Crippen molar-refractivity contribution >= 4 is 10.0 Å². The van der Waals surface area contributed by atoms with E-state index in [4.69, 9.17) is 0 Å². The fraction of sp³-hybridized carbons (Fsp3) is 0.600. The van der Waals surface area contributed by atoms with Gasteiger partial charge in [-0.05, 0) is 44.1 Å². The lowest BCUT2D eigenvalue weighted by Crippen LogP contribution is -2.40. The van der Waals surface area contributed by atoms with E-state index in [1.54, 1.807) is 0 Å². The first-order chi connectivity index (χ1) is 11.8. The van der Waals surface area contributed by atoms with Crippen LogP contribution in [0.4, 0.5) is 26.3 Å². The van der Waals surface area contributed by atoms with E-state index in [1.807, 2.05) is 11.8 Å². The minimum atomic E-state index is -5.10. The molecule has 1 aromatic carbocycles. The van der Waals surface area contributed by atoms with Gasteiger partial charge in [-0.2, -0.15) is 26.3 Å². The molecule has 1 aliphatic heterocycles. The Balaban J connectivity index is 2.32. The minimum Gasteiger partial charge on any atom is -0.299 e. The molecule has 1 heterocycles. The van der Waals surface area contributed by atoms with E-state index in [2.05, 4.69) is 4.72 Å². The average Bonchev–Trinajstić information content (AvgIpc) is 2.98. The van der Waals surface area contributed by atoms with Gasteiger partial charge in [0.1, 0.15) is 0 Å². The molecule has 0 radical (unpaired) electrons. The maximum absolute atomic E-state index is 12.9. The molecule has 26 heavy (non-hydrogen) atoms. The van der Waals surface area contributed by atoms with Gasteiger partial charge in [-0.15, -0.1) is 0 Å². The predicted molar refractivity (Wildman–Crippen MR) is 81.9 cm³/mol. The zero-order valence-electron chi connectivity index (χ0n) is 13.8. The second kappa shape index (κ2) is 7.35. The normalized spacial score (nSPS) is 19.9. The Morgan fingerprint density at radius 1 is 1.08 bits per heavy atom. The summed E-state index contributed by atoms with van der Waals surface area (Å²) in [7, 11) is -4.52. The maximum Gasteiger partial charge on any atom is 0.416 e. The number of alkyl halides is 6. The number of nitrogens with zero attached hydrogens (tertiary/aromatic N) is 1. The summed E-state index contributed by atoms with van der Waals surface area (Å²) in [6.45, 7) is 3.25. The molecule has 4 nitrogen and oxygen atoms in total. The van der Waals surface area contributed by atoms with Gasteiger partial charge >= 0.3 is 12.4 Å². The van der Waals surface area contributed by atoms with Crippen molar-refractivity contribution in [1.82, 2.24) is 9.62 Å². The Kier molecular flexibility index (Phi) is 5.93. The van der Waals surface area contributed by atoms with Crippen molar-refractivity contribution in [3.8, 4) is 0 Å². The van der Waals surface area contributed by atoms with Crippen LogP contribution in [0.3, 0.4) is 0 Å². The number of rotatable bonds is 5. The third-order valence-electron chi connectivity index (χ3n) is 4.29. The number of halogens is 6. The zero-order valence-corrected chi connectivity index (χ0v) is 14.6. The molecule has 0 saturated carbocycles. The van der Waals surface area contributed by atoms with E-state index < -0.39 is 38.4 Å².